The molecule has 28 nitrogen and oxygen atoms in total. The largest absolute Gasteiger partial charge is 0.462 e. The Bertz CT molecular complexity index is 3130. The van der Waals surface area contributed by atoms with Gasteiger partial charge in [-0.3, -0.25) is 52.7 Å². The van der Waals surface area contributed by atoms with E-state index in [4.69, 9.17) is 9.47 Å². The number of likely N-dealkylation sites (N-methyl/N-ethyl adjacent to an activating group) is 7. The Morgan fingerprint density at radius 1 is 0.532 bits per heavy atom. The number of hydrogen-bond acceptors (Lipinski definition) is 17. The van der Waals surface area contributed by atoms with Crippen molar-refractivity contribution in [3.63, 3.8) is 0 Å². The molecule has 12 amide bonds. The number of rotatable bonds is 28. The number of carbonyl (C=O) groups is 13. The fourth-order valence-electron chi connectivity index (χ4n) is 13.2. The molecule has 5 unspecified atom stereocenters. The second-order valence-electron chi connectivity index (χ2n) is 32.9. The summed E-state index contributed by atoms with van der Waals surface area (Å²) in [5.41, 5.74) is -0.267. The van der Waals surface area contributed by atoms with E-state index in [0.717, 1.165) is 16.7 Å². The molecule has 1 fully saturated rings. The van der Waals surface area contributed by atoms with Crippen molar-refractivity contribution in [2.45, 2.75) is 280 Å². The minimum Gasteiger partial charge on any atom is -0.462 e. The Kier molecular flexibility index (Phi) is 42.0. The molecule has 620 valence electrons. The number of benzene rings is 1. The molecule has 1 heterocycles. The molecule has 1 saturated heterocycles. The highest BCUT2D eigenvalue weighted by molar-refractivity contribution is 8.00. The molecule has 0 saturated carbocycles. The van der Waals surface area contributed by atoms with Crippen LogP contribution in [0.25, 0.3) is 0 Å². The first-order chi connectivity index (χ1) is 50.7. The molecule has 0 aliphatic carbocycles. The van der Waals surface area contributed by atoms with Crippen LogP contribution >= 0.6 is 11.8 Å². The first-order valence-electron chi connectivity index (χ1n) is 39.3. The highest BCUT2D eigenvalue weighted by atomic mass is 32.2. The van der Waals surface area contributed by atoms with Gasteiger partial charge in [0, 0.05) is 55.9 Å². The minimum atomic E-state index is -1.70. The normalized spacial score (nSPS) is 23.5. The number of esters is 1. The Labute approximate surface area is 655 Å². The van der Waals surface area contributed by atoms with E-state index in [1.165, 1.54) is 85.7 Å². The Balaban J connectivity index is 3.05. The van der Waals surface area contributed by atoms with Gasteiger partial charge in [-0.1, -0.05) is 134 Å². The van der Waals surface area contributed by atoms with Crippen LogP contribution in [0, 0.1) is 41.4 Å². The van der Waals surface area contributed by atoms with Crippen LogP contribution in [0.4, 0.5) is 4.79 Å². The molecule has 109 heavy (non-hydrogen) atoms. The summed E-state index contributed by atoms with van der Waals surface area (Å²) < 4.78 is 10.9. The molecular weight excluding hydrogens is 1420 g/mol. The fourth-order valence-corrected chi connectivity index (χ4v) is 14.4. The van der Waals surface area contributed by atoms with Gasteiger partial charge in [-0.05, 0) is 151 Å². The fraction of sp³-hybridized carbons (Fsp3) is 0.762. The quantitative estimate of drug-likeness (QED) is 0.0350. The molecule has 0 aromatic heterocycles. The molecule has 0 radical (unpaired) electrons. The molecule has 2 rings (SSSR count). The average molecular weight is 1560 g/mol. The SMILES string of the molecule is CCC1NC(=O)C([C@H](O)[C@H](C)CCCCCCNC(=O)OC(C)(C)C)N(C)C(=O)C(C(C)C)N(C)C(=O)C(CC(C)C)N(C)C(=O)C(CC(C)C)N(C)C(=O)CNC(=O)[C@@H](C)NC(=O)[C@@H](CC(C)C)N(C)C(=O)[C@@H](C(C)C)NC(=O)[C@H](CC(C)C)N(C)C(=O)[C@@H](SCCCCCOC(=O)c2ccccc2)N(C)C1=O. The van der Waals surface area contributed by atoms with Gasteiger partial charge in [-0.25, -0.2) is 9.59 Å². The van der Waals surface area contributed by atoms with Gasteiger partial charge in [0.15, 0.2) is 5.37 Å². The predicted octanol–water partition coefficient (Wildman–Crippen LogP) is 7.48. The highest BCUT2D eigenvalue weighted by Gasteiger charge is 2.46. The zero-order valence-corrected chi connectivity index (χ0v) is 71.2. The van der Waals surface area contributed by atoms with Crippen molar-refractivity contribution < 1.29 is 76.9 Å². The van der Waals surface area contributed by atoms with Crippen LogP contribution in [-0.2, 0) is 62.2 Å². The van der Waals surface area contributed by atoms with E-state index in [2.05, 4.69) is 26.6 Å². The minimum absolute atomic E-state index is 0.0562. The maximum atomic E-state index is 15.6. The molecular formula is C80H138N12O16S. The third-order valence-electron chi connectivity index (χ3n) is 19.7. The zero-order chi connectivity index (χ0) is 83.2. The van der Waals surface area contributed by atoms with Crippen LogP contribution < -0.4 is 26.6 Å². The third kappa shape index (κ3) is 31.3. The van der Waals surface area contributed by atoms with Crippen molar-refractivity contribution in [2.75, 3.05) is 74.8 Å². The van der Waals surface area contributed by atoms with Gasteiger partial charge in [0.2, 0.25) is 59.1 Å². The number of unbranched alkanes of at least 4 members (excludes halogenated alkanes) is 5. The summed E-state index contributed by atoms with van der Waals surface area (Å²) in [6.45, 7) is 31.8. The summed E-state index contributed by atoms with van der Waals surface area (Å²) >= 11 is 1.11. The number of aliphatic hydroxyl groups is 1. The second kappa shape index (κ2) is 47.0. The summed E-state index contributed by atoms with van der Waals surface area (Å²) in [5.74, 6) is -10.7. The number of alkyl carbamates (subject to hydrolysis) is 1. The van der Waals surface area contributed by atoms with Gasteiger partial charge in [0.05, 0.1) is 24.8 Å². The molecule has 6 N–H and O–H groups in total. The Morgan fingerprint density at radius 3 is 1.54 bits per heavy atom. The summed E-state index contributed by atoms with van der Waals surface area (Å²) in [6.07, 6.45) is 2.71. The average Bonchev–Trinajstić information content (AvgIpc) is 0.806. The van der Waals surface area contributed by atoms with Crippen LogP contribution in [0.3, 0.4) is 0 Å². The number of amides is 12. The number of nitrogens with one attached hydrogen (secondary N) is 5. The maximum absolute atomic E-state index is 15.6. The molecule has 12 atom stereocenters. The topological polar surface area (TPSA) is 343 Å². The monoisotopic (exact) mass is 1560 g/mol. The first kappa shape index (κ1) is 97.5. The third-order valence-corrected chi connectivity index (χ3v) is 21.1. The molecule has 29 heteroatoms. The lowest BCUT2D eigenvalue weighted by Gasteiger charge is -2.41. The van der Waals surface area contributed by atoms with Crippen molar-refractivity contribution in [3.8, 4) is 0 Å². The van der Waals surface area contributed by atoms with Gasteiger partial charge < -0.3 is 75.5 Å². The molecule has 0 bridgehead atoms. The first-order valence-corrected chi connectivity index (χ1v) is 40.3. The van der Waals surface area contributed by atoms with Crippen molar-refractivity contribution in [2.24, 2.45) is 41.4 Å². The van der Waals surface area contributed by atoms with E-state index >= 15 is 33.6 Å². The maximum Gasteiger partial charge on any atom is 0.407 e. The van der Waals surface area contributed by atoms with E-state index in [-0.39, 0.29) is 68.1 Å². The Hall–Kier alpha value is -7.56. The van der Waals surface area contributed by atoms with Crippen molar-refractivity contribution in [3.05, 3.63) is 35.9 Å². The number of hydrogen-bond donors (Lipinski definition) is 6. The van der Waals surface area contributed by atoms with Gasteiger partial charge in [0.1, 0.15) is 60.0 Å². The number of nitrogens with zero attached hydrogens (tertiary/aromatic N) is 7. The summed E-state index contributed by atoms with van der Waals surface area (Å²) in [7, 11) is 9.94. The summed E-state index contributed by atoms with van der Waals surface area (Å²) in [4.78, 5) is 199. The van der Waals surface area contributed by atoms with Crippen LogP contribution in [-0.4, -0.2) is 263 Å². The number of ether oxygens (including phenoxy) is 2. The van der Waals surface area contributed by atoms with E-state index in [1.54, 1.807) is 92.6 Å². The van der Waals surface area contributed by atoms with Crippen LogP contribution in [0.15, 0.2) is 30.3 Å². The van der Waals surface area contributed by atoms with Crippen molar-refractivity contribution in [1.82, 2.24) is 60.9 Å². The van der Waals surface area contributed by atoms with E-state index in [0.29, 0.717) is 63.5 Å². The number of aliphatic hydroxyl groups excluding tert-OH is 1. The zero-order valence-electron chi connectivity index (χ0n) is 70.4. The lowest BCUT2D eigenvalue weighted by molar-refractivity contribution is -0.157. The molecule has 1 aliphatic heterocycles. The van der Waals surface area contributed by atoms with Crippen molar-refractivity contribution >= 4 is 88.8 Å². The molecule has 1 aromatic rings. The lowest BCUT2D eigenvalue weighted by Crippen LogP contribution is -2.64. The molecule has 0 spiro atoms. The van der Waals surface area contributed by atoms with Gasteiger partial charge in [-0.15, -0.1) is 11.8 Å². The van der Waals surface area contributed by atoms with Crippen LogP contribution in [0.5, 0.6) is 0 Å². The summed E-state index contributed by atoms with van der Waals surface area (Å²) in [6, 6.07) is -3.16. The molecule has 1 aliphatic rings. The van der Waals surface area contributed by atoms with E-state index in [1.807, 2.05) is 55.4 Å². The van der Waals surface area contributed by atoms with E-state index in [9.17, 15) is 33.9 Å². The number of carbonyl (C=O) groups excluding carboxylic acids is 13. The highest BCUT2D eigenvalue weighted by Crippen LogP contribution is 2.28. The number of thioether (sulfide) groups is 1. The van der Waals surface area contributed by atoms with Crippen LogP contribution in [0.1, 0.15) is 218 Å². The van der Waals surface area contributed by atoms with E-state index < -0.39 is 173 Å². The lowest BCUT2D eigenvalue weighted by atomic mass is 9.90. The molecule has 1 aromatic carbocycles. The summed E-state index contributed by atoms with van der Waals surface area (Å²) in [5, 5.41) is 25.2. The van der Waals surface area contributed by atoms with Crippen molar-refractivity contribution in [1.29, 1.82) is 0 Å². The van der Waals surface area contributed by atoms with Gasteiger partial charge in [0.25, 0.3) is 5.91 Å². The standard InChI is InChI=1S/C80H138N12O16S/c1-26-57-71(99)92(25)77(109-42-36-30-35-41-107-78(105)56-38-32-29-33-39-56)76(104)88(21)59(44-49(4)5)69(97)85-63(52(10)11)74(102)87(20)58(43-48(2)3)68(96)83-55(15)67(95)82-47-62(93)86(19)60(45-50(6)7)72(100)89(22)61(46-51(8)9)73(101)90(23)64(53(12)13)75(103)91(24)65(70(98)84-57)66(94)54(14)37-31-27-28-34-40-81-79(106)108-80(16,17)18/h29,32-33,38-39,48-55,57-61,63-66,77,94H,26-28,30-31,34-37,40-47H2,1-25H3,(H,81,106)(H,82,95)(H,83,96)(H,84,98)(H,85,97)/t54-,55-,57?,58-,59+,60?,61?,63-,64?,65?,66-,77-/m1/s1. The van der Waals surface area contributed by atoms with Crippen LogP contribution in [0.2, 0.25) is 0 Å². The smallest absolute Gasteiger partial charge is 0.407 e. The Morgan fingerprint density at radius 2 is 1.02 bits per heavy atom. The van der Waals surface area contributed by atoms with Gasteiger partial charge in [-0.2, -0.15) is 0 Å². The predicted molar refractivity (Wildman–Crippen MR) is 424 cm³/mol. The van der Waals surface area contributed by atoms with Gasteiger partial charge >= 0.3 is 12.1 Å². The second-order valence-corrected chi connectivity index (χ2v) is 34.1.